The van der Waals surface area contributed by atoms with Gasteiger partial charge in [-0.3, -0.25) is 0 Å². The number of hydrogen-bond donors (Lipinski definition) is 0. The van der Waals surface area contributed by atoms with Crippen molar-refractivity contribution in [3.8, 4) is 0 Å². The van der Waals surface area contributed by atoms with Gasteiger partial charge in [0, 0.05) is 24.1 Å². The molecule has 0 amide bonds. The van der Waals surface area contributed by atoms with Crippen molar-refractivity contribution in [2.24, 2.45) is 7.05 Å². The van der Waals surface area contributed by atoms with E-state index >= 15 is 0 Å². The number of halogens is 1. The zero-order chi connectivity index (χ0) is 12.5. The van der Waals surface area contributed by atoms with Crippen LogP contribution in [0.25, 0.3) is 10.9 Å². The molecule has 0 saturated carbocycles. The van der Waals surface area contributed by atoms with E-state index < -0.39 is 0 Å². The summed E-state index contributed by atoms with van der Waals surface area (Å²) in [5.74, 6) is -0.184. The van der Waals surface area contributed by atoms with Crippen LogP contribution >= 0.6 is 0 Å². The van der Waals surface area contributed by atoms with E-state index in [0.29, 0.717) is 0 Å². The molecule has 18 heavy (non-hydrogen) atoms. The lowest BCUT2D eigenvalue weighted by molar-refractivity contribution is 0.627. The molecule has 0 saturated heterocycles. The number of nitrogens with zero attached hydrogens (tertiary/aromatic N) is 1. The highest BCUT2D eigenvalue weighted by molar-refractivity contribution is 5.84. The number of aromatic nitrogens is 1. The Hall–Kier alpha value is -2.09. The highest BCUT2D eigenvalue weighted by atomic mass is 19.1. The van der Waals surface area contributed by atoms with E-state index in [-0.39, 0.29) is 5.82 Å². The molecule has 1 nitrogen and oxygen atoms in total. The monoisotopic (exact) mass is 239 g/mol. The number of rotatable bonds is 2. The van der Waals surface area contributed by atoms with E-state index in [1.165, 1.54) is 28.6 Å². The topological polar surface area (TPSA) is 4.93 Å². The third-order valence-corrected chi connectivity index (χ3v) is 3.29. The highest BCUT2D eigenvalue weighted by Crippen LogP contribution is 2.22. The van der Waals surface area contributed by atoms with E-state index in [9.17, 15) is 4.39 Å². The van der Waals surface area contributed by atoms with Crippen molar-refractivity contribution in [2.75, 3.05) is 0 Å². The maximum atomic E-state index is 12.9. The SMILES string of the molecule is Cn1cc(Cc2ccc(F)cc2)c2ccccc21. The molecule has 1 heterocycles. The predicted molar refractivity (Wildman–Crippen MR) is 72.1 cm³/mol. The van der Waals surface area contributed by atoms with Crippen LogP contribution in [0.5, 0.6) is 0 Å². The second-order valence-electron chi connectivity index (χ2n) is 4.59. The first-order valence-electron chi connectivity index (χ1n) is 6.01. The van der Waals surface area contributed by atoms with Crippen LogP contribution in [-0.2, 0) is 13.5 Å². The van der Waals surface area contributed by atoms with Gasteiger partial charge in [0.15, 0.2) is 0 Å². The maximum absolute atomic E-state index is 12.9. The Morgan fingerprint density at radius 3 is 2.50 bits per heavy atom. The van der Waals surface area contributed by atoms with Gasteiger partial charge in [-0.05, 0) is 35.7 Å². The van der Waals surface area contributed by atoms with E-state index in [1.807, 2.05) is 18.2 Å². The Labute approximate surface area is 105 Å². The second-order valence-corrected chi connectivity index (χ2v) is 4.59. The molecule has 0 atom stereocenters. The fraction of sp³-hybridized carbons (Fsp3) is 0.125. The maximum Gasteiger partial charge on any atom is 0.123 e. The summed E-state index contributed by atoms with van der Waals surface area (Å²) in [7, 11) is 2.05. The standard InChI is InChI=1S/C16H14FN/c1-18-11-13(15-4-2-3-5-16(15)18)10-12-6-8-14(17)9-7-12/h2-9,11H,10H2,1H3. The average molecular weight is 239 g/mol. The first-order chi connectivity index (χ1) is 8.74. The molecular formula is C16H14FN. The van der Waals surface area contributed by atoms with Crippen molar-refractivity contribution in [3.05, 3.63) is 71.7 Å². The minimum Gasteiger partial charge on any atom is -0.350 e. The Morgan fingerprint density at radius 2 is 1.72 bits per heavy atom. The van der Waals surface area contributed by atoms with Crippen LogP contribution in [0.1, 0.15) is 11.1 Å². The minimum atomic E-state index is -0.184. The lowest BCUT2D eigenvalue weighted by Gasteiger charge is -2.00. The van der Waals surface area contributed by atoms with Crippen molar-refractivity contribution >= 4 is 10.9 Å². The van der Waals surface area contributed by atoms with Crippen molar-refractivity contribution in [1.82, 2.24) is 4.57 Å². The number of para-hydroxylation sites is 1. The van der Waals surface area contributed by atoms with Crippen molar-refractivity contribution in [1.29, 1.82) is 0 Å². The molecule has 0 N–H and O–H groups in total. The lowest BCUT2D eigenvalue weighted by Crippen LogP contribution is -1.87. The molecule has 0 aliphatic carbocycles. The average Bonchev–Trinajstić information content (AvgIpc) is 2.70. The van der Waals surface area contributed by atoms with Gasteiger partial charge in [0.2, 0.25) is 0 Å². The quantitative estimate of drug-likeness (QED) is 0.639. The van der Waals surface area contributed by atoms with Crippen LogP contribution in [0.4, 0.5) is 4.39 Å². The smallest absolute Gasteiger partial charge is 0.123 e. The van der Waals surface area contributed by atoms with Gasteiger partial charge in [-0.2, -0.15) is 0 Å². The molecule has 0 bridgehead atoms. The summed E-state index contributed by atoms with van der Waals surface area (Å²) >= 11 is 0. The molecule has 0 fully saturated rings. The summed E-state index contributed by atoms with van der Waals surface area (Å²) in [6, 6.07) is 15.1. The molecule has 1 aromatic heterocycles. The van der Waals surface area contributed by atoms with Crippen LogP contribution in [0.2, 0.25) is 0 Å². The summed E-state index contributed by atoms with van der Waals surface area (Å²) in [6.07, 6.45) is 2.98. The molecule has 90 valence electrons. The van der Waals surface area contributed by atoms with Crippen LogP contribution in [0.15, 0.2) is 54.7 Å². The number of hydrogen-bond acceptors (Lipinski definition) is 0. The van der Waals surface area contributed by atoms with E-state index in [4.69, 9.17) is 0 Å². The van der Waals surface area contributed by atoms with Gasteiger partial charge in [-0.15, -0.1) is 0 Å². The third-order valence-electron chi connectivity index (χ3n) is 3.29. The van der Waals surface area contributed by atoms with E-state index in [2.05, 4.69) is 36.0 Å². The van der Waals surface area contributed by atoms with Crippen molar-refractivity contribution < 1.29 is 4.39 Å². The van der Waals surface area contributed by atoms with Crippen LogP contribution in [0.3, 0.4) is 0 Å². The van der Waals surface area contributed by atoms with Gasteiger partial charge >= 0.3 is 0 Å². The fourth-order valence-electron chi connectivity index (χ4n) is 2.39. The van der Waals surface area contributed by atoms with Gasteiger partial charge in [0.1, 0.15) is 5.82 Å². The Balaban J connectivity index is 2.02. The summed E-state index contributed by atoms with van der Waals surface area (Å²) < 4.78 is 15.0. The first kappa shape index (κ1) is 11.0. The molecule has 0 aliphatic heterocycles. The largest absolute Gasteiger partial charge is 0.350 e. The fourth-order valence-corrected chi connectivity index (χ4v) is 2.39. The van der Waals surface area contributed by atoms with Crippen LogP contribution in [-0.4, -0.2) is 4.57 Å². The Bertz CT molecular complexity index is 680. The van der Waals surface area contributed by atoms with E-state index in [0.717, 1.165) is 12.0 Å². The molecule has 2 heteroatoms. The zero-order valence-electron chi connectivity index (χ0n) is 10.2. The Kier molecular flexibility index (Phi) is 2.63. The molecule has 0 radical (unpaired) electrons. The van der Waals surface area contributed by atoms with Gasteiger partial charge in [0.25, 0.3) is 0 Å². The molecule has 0 spiro atoms. The molecular weight excluding hydrogens is 225 g/mol. The first-order valence-corrected chi connectivity index (χ1v) is 6.01. The van der Waals surface area contributed by atoms with Gasteiger partial charge in [0.05, 0.1) is 0 Å². The van der Waals surface area contributed by atoms with Gasteiger partial charge in [-0.1, -0.05) is 30.3 Å². The number of fused-ring (bicyclic) bond motifs is 1. The summed E-state index contributed by atoms with van der Waals surface area (Å²) in [6.45, 7) is 0. The highest BCUT2D eigenvalue weighted by Gasteiger charge is 2.06. The number of aryl methyl sites for hydroxylation is 1. The summed E-state index contributed by atoms with van der Waals surface area (Å²) in [5, 5.41) is 1.27. The van der Waals surface area contributed by atoms with Gasteiger partial charge in [-0.25, -0.2) is 4.39 Å². The third kappa shape index (κ3) is 1.90. The zero-order valence-corrected chi connectivity index (χ0v) is 10.2. The molecule has 0 unspecified atom stereocenters. The molecule has 0 aliphatic rings. The molecule has 3 aromatic rings. The summed E-state index contributed by atoms with van der Waals surface area (Å²) in [4.78, 5) is 0. The number of benzene rings is 2. The molecule has 3 rings (SSSR count). The second kappa shape index (κ2) is 4.30. The van der Waals surface area contributed by atoms with Crippen LogP contribution < -0.4 is 0 Å². The summed E-state index contributed by atoms with van der Waals surface area (Å²) in [5.41, 5.74) is 3.64. The Morgan fingerprint density at radius 1 is 1.00 bits per heavy atom. The van der Waals surface area contributed by atoms with E-state index in [1.54, 1.807) is 0 Å². The van der Waals surface area contributed by atoms with Gasteiger partial charge < -0.3 is 4.57 Å². The minimum absolute atomic E-state index is 0.184. The lowest BCUT2D eigenvalue weighted by atomic mass is 10.0. The predicted octanol–water partition coefficient (Wildman–Crippen LogP) is 3.91. The molecule has 2 aromatic carbocycles. The van der Waals surface area contributed by atoms with Crippen molar-refractivity contribution in [3.63, 3.8) is 0 Å². The normalized spacial score (nSPS) is 11.0. The van der Waals surface area contributed by atoms with Crippen LogP contribution in [0, 0.1) is 5.82 Å². The van der Waals surface area contributed by atoms with Crippen molar-refractivity contribution in [2.45, 2.75) is 6.42 Å².